The number of nitrogens with one attached hydrogen (secondary N) is 1. The maximum atomic E-state index is 12.7. The van der Waals surface area contributed by atoms with Crippen LogP contribution < -0.4 is 5.32 Å². The molecule has 0 unspecified atom stereocenters. The highest BCUT2D eigenvalue weighted by atomic mass is 16.2. The van der Waals surface area contributed by atoms with Gasteiger partial charge >= 0.3 is 0 Å². The van der Waals surface area contributed by atoms with Crippen LogP contribution in [0.5, 0.6) is 0 Å². The molecule has 1 N–H and O–H groups in total. The maximum absolute atomic E-state index is 12.7. The van der Waals surface area contributed by atoms with E-state index in [1.807, 2.05) is 29.2 Å². The number of anilines is 1. The van der Waals surface area contributed by atoms with Crippen molar-refractivity contribution in [3.8, 4) is 0 Å². The predicted molar refractivity (Wildman–Crippen MR) is 100 cm³/mol. The summed E-state index contributed by atoms with van der Waals surface area (Å²) >= 11 is 0. The number of nitrogens with zero attached hydrogens (tertiary/aromatic N) is 1. The minimum Gasteiger partial charge on any atom is -0.339 e. The van der Waals surface area contributed by atoms with Crippen molar-refractivity contribution >= 4 is 17.5 Å². The average Bonchev–Trinajstić information content (AvgIpc) is 2.60. The van der Waals surface area contributed by atoms with E-state index in [1.54, 1.807) is 0 Å². The van der Waals surface area contributed by atoms with Gasteiger partial charge in [-0.3, -0.25) is 9.59 Å². The number of carbonyl (C=O) groups is 2. The summed E-state index contributed by atoms with van der Waals surface area (Å²) in [5, 5.41) is 2.88. The summed E-state index contributed by atoms with van der Waals surface area (Å²) < 4.78 is 0. The molecule has 0 radical (unpaired) electrons. The van der Waals surface area contributed by atoms with Crippen molar-refractivity contribution in [3.63, 3.8) is 0 Å². The topological polar surface area (TPSA) is 49.4 Å². The molecule has 0 aliphatic rings. The third kappa shape index (κ3) is 7.16. The van der Waals surface area contributed by atoms with Gasteiger partial charge in [-0.2, -0.15) is 0 Å². The molecule has 1 aromatic carbocycles. The molecule has 0 saturated carbocycles. The van der Waals surface area contributed by atoms with Crippen LogP contribution in [-0.2, 0) is 4.79 Å². The third-order valence-electron chi connectivity index (χ3n) is 4.02. The van der Waals surface area contributed by atoms with E-state index in [0.29, 0.717) is 12.0 Å². The zero-order chi connectivity index (χ0) is 17.8. The normalized spacial score (nSPS) is 10.5. The molecule has 0 spiro atoms. The van der Waals surface area contributed by atoms with Crippen LogP contribution in [0.4, 0.5) is 5.69 Å². The summed E-state index contributed by atoms with van der Waals surface area (Å²) in [7, 11) is 0. The zero-order valence-electron chi connectivity index (χ0n) is 15.4. The highest BCUT2D eigenvalue weighted by molar-refractivity contribution is 5.95. The minimum absolute atomic E-state index is 0.0310. The fraction of sp³-hybridized carbons (Fsp3) is 0.600. The van der Waals surface area contributed by atoms with Crippen molar-refractivity contribution in [1.29, 1.82) is 0 Å². The smallest absolute Gasteiger partial charge is 0.253 e. The van der Waals surface area contributed by atoms with Gasteiger partial charge in [0, 0.05) is 30.8 Å². The molecule has 2 amide bonds. The molecule has 134 valence electrons. The molecule has 0 fully saturated rings. The Bertz CT molecular complexity index is 489. The highest BCUT2D eigenvalue weighted by Crippen LogP contribution is 2.13. The molecule has 0 aliphatic carbocycles. The summed E-state index contributed by atoms with van der Waals surface area (Å²) in [6.45, 7) is 7.96. The SMILES string of the molecule is CCCCC(=O)Nc1ccc(C(=O)N(CCCC)CCCC)cc1. The number of hydrogen-bond donors (Lipinski definition) is 1. The molecular weight excluding hydrogens is 300 g/mol. The Morgan fingerprint density at radius 2 is 1.42 bits per heavy atom. The predicted octanol–water partition coefficient (Wildman–Crippen LogP) is 4.86. The van der Waals surface area contributed by atoms with E-state index in [0.717, 1.165) is 57.3 Å². The van der Waals surface area contributed by atoms with Crippen molar-refractivity contribution in [3.05, 3.63) is 29.8 Å². The Hall–Kier alpha value is -1.84. The summed E-state index contributed by atoms with van der Waals surface area (Å²) in [6.07, 6.45) is 6.66. The average molecular weight is 332 g/mol. The number of unbranched alkanes of at least 4 members (excludes halogenated alkanes) is 3. The Morgan fingerprint density at radius 3 is 1.92 bits per heavy atom. The van der Waals surface area contributed by atoms with Crippen molar-refractivity contribution in [2.45, 2.75) is 65.7 Å². The van der Waals surface area contributed by atoms with E-state index in [-0.39, 0.29) is 11.8 Å². The summed E-state index contributed by atoms with van der Waals surface area (Å²) in [5.41, 5.74) is 1.44. The van der Waals surface area contributed by atoms with Crippen LogP contribution in [0.3, 0.4) is 0 Å². The van der Waals surface area contributed by atoms with Gasteiger partial charge in [0.25, 0.3) is 5.91 Å². The minimum atomic E-state index is 0.0310. The molecule has 1 aromatic rings. The van der Waals surface area contributed by atoms with Gasteiger partial charge in [0.15, 0.2) is 0 Å². The van der Waals surface area contributed by atoms with Gasteiger partial charge in [0.05, 0.1) is 0 Å². The molecule has 0 bridgehead atoms. The summed E-state index contributed by atoms with van der Waals surface area (Å²) in [4.78, 5) is 26.4. The number of carbonyl (C=O) groups excluding carboxylic acids is 2. The quantitative estimate of drug-likeness (QED) is 0.629. The van der Waals surface area contributed by atoms with E-state index in [9.17, 15) is 9.59 Å². The lowest BCUT2D eigenvalue weighted by Crippen LogP contribution is -2.32. The van der Waals surface area contributed by atoms with Crippen molar-refractivity contribution < 1.29 is 9.59 Å². The Kier molecular flexibility index (Phi) is 9.81. The van der Waals surface area contributed by atoms with Crippen molar-refractivity contribution in [2.24, 2.45) is 0 Å². The van der Waals surface area contributed by atoms with Gasteiger partial charge in [0.1, 0.15) is 0 Å². The summed E-state index contributed by atoms with van der Waals surface area (Å²) in [6, 6.07) is 7.25. The van der Waals surface area contributed by atoms with Crippen LogP contribution in [0, 0.1) is 0 Å². The van der Waals surface area contributed by atoms with Crippen LogP contribution in [0.15, 0.2) is 24.3 Å². The van der Waals surface area contributed by atoms with Gasteiger partial charge < -0.3 is 10.2 Å². The number of amides is 2. The zero-order valence-corrected chi connectivity index (χ0v) is 15.4. The molecule has 0 aromatic heterocycles. The first-order chi connectivity index (χ1) is 11.6. The van der Waals surface area contributed by atoms with Gasteiger partial charge in [-0.1, -0.05) is 40.0 Å². The van der Waals surface area contributed by atoms with E-state index >= 15 is 0 Å². The fourth-order valence-electron chi connectivity index (χ4n) is 2.45. The fourth-order valence-corrected chi connectivity index (χ4v) is 2.45. The lowest BCUT2D eigenvalue weighted by atomic mass is 10.1. The van der Waals surface area contributed by atoms with Crippen LogP contribution in [0.2, 0.25) is 0 Å². The van der Waals surface area contributed by atoms with Crippen LogP contribution in [0.1, 0.15) is 76.1 Å². The molecule has 4 nitrogen and oxygen atoms in total. The van der Waals surface area contributed by atoms with E-state index < -0.39 is 0 Å². The largest absolute Gasteiger partial charge is 0.339 e. The standard InChI is InChI=1S/C20H32N2O2/c1-4-7-10-19(23)21-18-13-11-17(12-14-18)20(24)22(15-8-5-2)16-9-6-3/h11-14H,4-10,15-16H2,1-3H3,(H,21,23). The first-order valence-corrected chi connectivity index (χ1v) is 9.31. The second-order valence-electron chi connectivity index (χ2n) is 6.23. The Morgan fingerprint density at radius 1 is 0.875 bits per heavy atom. The molecule has 0 heterocycles. The Labute approximate surface area is 146 Å². The lowest BCUT2D eigenvalue weighted by molar-refractivity contribution is -0.116. The number of rotatable bonds is 11. The van der Waals surface area contributed by atoms with Gasteiger partial charge in [0.2, 0.25) is 5.91 Å². The van der Waals surface area contributed by atoms with Crippen molar-refractivity contribution in [2.75, 3.05) is 18.4 Å². The molecule has 0 saturated heterocycles. The van der Waals surface area contributed by atoms with E-state index in [2.05, 4.69) is 26.1 Å². The first-order valence-electron chi connectivity index (χ1n) is 9.31. The molecule has 0 aliphatic heterocycles. The monoisotopic (exact) mass is 332 g/mol. The first kappa shape index (κ1) is 20.2. The van der Waals surface area contributed by atoms with Crippen LogP contribution in [-0.4, -0.2) is 29.8 Å². The third-order valence-corrected chi connectivity index (χ3v) is 4.02. The molecule has 0 atom stereocenters. The molecular formula is C20H32N2O2. The Balaban J connectivity index is 2.67. The second kappa shape index (κ2) is 11.7. The molecule has 24 heavy (non-hydrogen) atoms. The molecule has 1 rings (SSSR count). The van der Waals surface area contributed by atoms with E-state index in [4.69, 9.17) is 0 Å². The lowest BCUT2D eigenvalue weighted by Gasteiger charge is -2.22. The highest BCUT2D eigenvalue weighted by Gasteiger charge is 2.14. The number of benzene rings is 1. The van der Waals surface area contributed by atoms with Crippen molar-refractivity contribution in [1.82, 2.24) is 4.90 Å². The van der Waals surface area contributed by atoms with Gasteiger partial charge in [-0.25, -0.2) is 0 Å². The van der Waals surface area contributed by atoms with Gasteiger partial charge in [-0.15, -0.1) is 0 Å². The molecule has 4 heteroatoms. The summed E-state index contributed by atoms with van der Waals surface area (Å²) in [5.74, 6) is 0.115. The maximum Gasteiger partial charge on any atom is 0.253 e. The van der Waals surface area contributed by atoms with E-state index in [1.165, 1.54) is 0 Å². The van der Waals surface area contributed by atoms with Crippen LogP contribution in [0.25, 0.3) is 0 Å². The second-order valence-corrected chi connectivity index (χ2v) is 6.23. The van der Waals surface area contributed by atoms with Gasteiger partial charge in [-0.05, 0) is 43.5 Å². The van der Waals surface area contributed by atoms with Crippen LogP contribution >= 0.6 is 0 Å². The number of hydrogen-bond acceptors (Lipinski definition) is 2.